The van der Waals surface area contributed by atoms with Crippen LogP contribution >= 0.6 is 7.14 Å². The van der Waals surface area contributed by atoms with Gasteiger partial charge in [0.15, 0.2) is 0 Å². The summed E-state index contributed by atoms with van der Waals surface area (Å²) in [5.41, 5.74) is -6.71. The van der Waals surface area contributed by atoms with Crippen LogP contribution in [-0.4, -0.2) is 29.6 Å². The molecule has 0 aromatic heterocycles. The summed E-state index contributed by atoms with van der Waals surface area (Å²) in [4.78, 5) is 0. The van der Waals surface area contributed by atoms with E-state index in [9.17, 15) is 30.7 Å². The monoisotopic (exact) mass is 718 g/mol. The summed E-state index contributed by atoms with van der Waals surface area (Å²) in [6.07, 6.45) is -7.37. The third-order valence-corrected chi connectivity index (χ3v) is 12.6. The minimum absolute atomic E-state index is 0.0613. The maximum absolute atomic E-state index is 16.6. The predicted octanol–water partition coefficient (Wildman–Crippen LogP) is 11.9. The fourth-order valence-electron chi connectivity index (χ4n) is 7.07. The predicted molar refractivity (Wildman–Crippen MR) is 173 cm³/mol. The van der Waals surface area contributed by atoms with Crippen molar-refractivity contribution >= 4 is 82.4 Å². The van der Waals surface area contributed by atoms with E-state index in [1.54, 1.807) is 60.7 Å². The fourth-order valence-corrected chi connectivity index (χ4v) is 9.84. The van der Waals surface area contributed by atoms with Gasteiger partial charge in [0.05, 0.1) is 0 Å². The largest absolute Gasteiger partial charge is 0.460 e. The topological polar surface area (TPSA) is 17.1 Å². The zero-order valence-electron chi connectivity index (χ0n) is 24.9. The van der Waals surface area contributed by atoms with Gasteiger partial charge in [-0.15, -0.1) is 0 Å². The van der Waals surface area contributed by atoms with E-state index in [0.717, 1.165) is 24.3 Å². The van der Waals surface area contributed by atoms with Gasteiger partial charge in [-0.25, -0.2) is 0 Å². The molecule has 0 radical (unpaired) electrons. The van der Waals surface area contributed by atoms with Crippen molar-refractivity contribution in [2.75, 3.05) is 0 Å². The second-order valence-electron chi connectivity index (χ2n) is 12.3. The van der Waals surface area contributed by atoms with Crippen molar-refractivity contribution in [2.45, 2.75) is 29.6 Å². The summed E-state index contributed by atoms with van der Waals surface area (Å²) >= 11 is 0. The van der Waals surface area contributed by atoms with Crippen LogP contribution in [0.5, 0.6) is 0 Å². The first kappa shape index (κ1) is 32.5. The summed E-state index contributed by atoms with van der Waals surface area (Å²) < 4.78 is 177. The molecule has 50 heavy (non-hydrogen) atoms. The molecule has 8 aromatic rings. The smallest absolute Gasteiger partial charge is 0.307 e. The highest BCUT2D eigenvalue weighted by Gasteiger charge is 2.89. The maximum atomic E-state index is 16.6. The quantitative estimate of drug-likeness (QED) is 0.0950. The van der Waals surface area contributed by atoms with Gasteiger partial charge < -0.3 is 4.57 Å². The van der Waals surface area contributed by atoms with Gasteiger partial charge >= 0.3 is 29.6 Å². The van der Waals surface area contributed by atoms with Crippen molar-refractivity contribution in [3.8, 4) is 0 Å². The SMILES string of the molecule is O=P(c1cc2ccc3cccc4ccc(c1)c2c34)(c1cc2ccc3cccc4ccc(c1)c2c34)C(F)(F)C(F)(F)C(F)(F)C(F)(F)C(F)(F)F. The maximum Gasteiger partial charge on any atom is 0.460 e. The molecule has 0 N–H and O–H groups in total. The Morgan fingerprint density at radius 3 is 0.940 bits per heavy atom. The van der Waals surface area contributed by atoms with Gasteiger partial charge in [-0.05, 0) is 88.9 Å². The van der Waals surface area contributed by atoms with Crippen LogP contribution in [0, 0.1) is 0 Å². The lowest BCUT2D eigenvalue weighted by atomic mass is 9.94. The molecule has 0 saturated carbocycles. The summed E-state index contributed by atoms with van der Waals surface area (Å²) in [5, 5.41) is 2.76. The van der Waals surface area contributed by atoms with E-state index in [0.29, 0.717) is 43.1 Å². The highest BCUT2D eigenvalue weighted by Crippen LogP contribution is 2.70. The molecule has 0 aliphatic carbocycles. The third kappa shape index (κ3) is 3.94. The van der Waals surface area contributed by atoms with E-state index in [-0.39, 0.29) is 21.5 Å². The van der Waals surface area contributed by atoms with Crippen LogP contribution in [-0.2, 0) is 4.57 Å². The number of rotatable bonds is 6. The second kappa shape index (κ2) is 9.96. The Morgan fingerprint density at radius 2 is 0.640 bits per heavy atom. The van der Waals surface area contributed by atoms with Gasteiger partial charge in [-0.3, -0.25) is 0 Å². The molecule has 254 valence electrons. The first-order valence-corrected chi connectivity index (χ1v) is 16.6. The Balaban J connectivity index is 1.47. The number of alkyl halides is 11. The van der Waals surface area contributed by atoms with Crippen molar-refractivity contribution in [3.05, 3.63) is 109 Å². The molecule has 0 bridgehead atoms. The molecule has 1 nitrogen and oxygen atoms in total. The Labute approximate surface area is 273 Å². The van der Waals surface area contributed by atoms with Crippen LogP contribution in [0.1, 0.15) is 0 Å². The van der Waals surface area contributed by atoms with Gasteiger partial charge in [0.25, 0.3) is 0 Å². The van der Waals surface area contributed by atoms with Crippen LogP contribution < -0.4 is 10.6 Å². The number of halogens is 11. The lowest BCUT2D eigenvalue weighted by Gasteiger charge is -2.40. The van der Waals surface area contributed by atoms with Crippen LogP contribution in [0.15, 0.2) is 109 Å². The molecule has 0 heterocycles. The molecule has 0 spiro atoms. The average molecular weight is 719 g/mol. The molecule has 13 heteroatoms. The van der Waals surface area contributed by atoms with Gasteiger partial charge in [0.2, 0.25) is 7.14 Å². The zero-order valence-corrected chi connectivity index (χ0v) is 25.8. The van der Waals surface area contributed by atoms with Crippen molar-refractivity contribution in [2.24, 2.45) is 0 Å². The number of hydrogen-bond acceptors (Lipinski definition) is 1. The van der Waals surface area contributed by atoms with E-state index < -0.39 is 47.4 Å². The van der Waals surface area contributed by atoms with Crippen molar-refractivity contribution in [1.29, 1.82) is 0 Å². The van der Waals surface area contributed by atoms with E-state index in [1.807, 2.05) is 0 Å². The van der Waals surface area contributed by atoms with Gasteiger partial charge in [-0.2, -0.15) is 48.3 Å². The van der Waals surface area contributed by atoms with E-state index in [1.165, 1.54) is 24.3 Å². The Bertz CT molecular complexity index is 2420. The van der Waals surface area contributed by atoms with E-state index >= 15 is 22.1 Å². The Hall–Kier alpha value is -4.70. The minimum atomic E-state index is -7.75. The Morgan fingerprint density at radius 1 is 0.360 bits per heavy atom. The highest BCUT2D eigenvalue weighted by molar-refractivity contribution is 7.79. The lowest BCUT2D eigenvalue weighted by Crippen LogP contribution is -2.67. The highest BCUT2D eigenvalue weighted by atomic mass is 31.2. The Kier molecular flexibility index (Phi) is 6.48. The average Bonchev–Trinajstić information content (AvgIpc) is 3.08. The molecule has 0 unspecified atom stereocenters. The molecule has 0 amide bonds. The molecular formula is C37H18F11OP. The first-order valence-electron chi connectivity index (χ1n) is 14.9. The fraction of sp³-hybridized carbons (Fsp3) is 0.135. The first-order chi connectivity index (χ1) is 23.3. The summed E-state index contributed by atoms with van der Waals surface area (Å²) in [5.74, 6) is -22.9. The van der Waals surface area contributed by atoms with Crippen molar-refractivity contribution in [1.82, 2.24) is 0 Å². The standard InChI is InChI=1S/C37H18F11OP/c38-33(39,34(40,41)36(44,45)46)35(42,43)37(47,48)50(49,27-15-23-11-7-19-3-1-4-20-8-12-24(16-27)31(23)29(19)20)28-17-25-13-9-21-5-2-6-22-10-14-26(18-28)32(25)30(21)22/h1-18H. The van der Waals surface area contributed by atoms with Crippen molar-refractivity contribution < 1.29 is 52.9 Å². The van der Waals surface area contributed by atoms with E-state index in [2.05, 4.69) is 0 Å². The molecule has 0 aliphatic heterocycles. The van der Waals surface area contributed by atoms with Crippen molar-refractivity contribution in [3.63, 3.8) is 0 Å². The molecule has 0 fully saturated rings. The van der Waals surface area contributed by atoms with Crippen LogP contribution in [0.4, 0.5) is 48.3 Å². The van der Waals surface area contributed by atoms with Gasteiger partial charge in [-0.1, -0.05) is 84.9 Å². The lowest BCUT2D eigenvalue weighted by molar-refractivity contribution is -0.413. The summed E-state index contributed by atoms with van der Waals surface area (Å²) in [6.45, 7) is 0. The molecule has 0 aliphatic rings. The summed E-state index contributed by atoms with van der Waals surface area (Å²) in [6, 6.07) is 25.4. The molecule has 8 rings (SSSR count). The van der Waals surface area contributed by atoms with Gasteiger partial charge in [0.1, 0.15) is 0 Å². The molecule has 0 atom stereocenters. The molecule has 8 aromatic carbocycles. The normalized spacial score (nSPS) is 14.4. The zero-order chi connectivity index (χ0) is 35.8. The van der Waals surface area contributed by atoms with E-state index in [4.69, 9.17) is 0 Å². The molecular weight excluding hydrogens is 700 g/mol. The van der Waals surface area contributed by atoms with Gasteiger partial charge in [0, 0.05) is 10.6 Å². The summed E-state index contributed by atoms with van der Waals surface area (Å²) in [7, 11) is -6.67. The van der Waals surface area contributed by atoms with Crippen LogP contribution in [0.25, 0.3) is 64.6 Å². The molecule has 0 saturated heterocycles. The van der Waals surface area contributed by atoms with Crippen LogP contribution in [0.3, 0.4) is 0 Å². The van der Waals surface area contributed by atoms with Crippen LogP contribution in [0.2, 0.25) is 0 Å². The minimum Gasteiger partial charge on any atom is -0.307 e. The third-order valence-electron chi connectivity index (χ3n) is 9.54. The number of benzene rings is 8. The second-order valence-corrected chi connectivity index (χ2v) is 15.1. The number of hydrogen-bond donors (Lipinski definition) is 0.